The Hall–Kier alpha value is -1.79. The van der Waals surface area contributed by atoms with Gasteiger partial charge in [-0.25, -0.2) is 4.79 Å². The molecule has 1 aromatic carbocycles. The van der Waals surface area contributed by atoms with E-state index in [0.717, 1.165) is 70.6 Å². The highest BCUT2D eigenvalue weighted by Crippen LogP contribution is 2.25. The zero-order valence-corrected chi connectivity index (χ0v) is 19.8. The van der Waals surface area contributed by atoms with Crippen molar-refractivity contribution >= 4 is 11.8 Å². The number of benzene rings is 1. The Bertz CT molecular complexity index is 702. The lowest BCUT2D eigenvalue weighted by Crippen LogP contribution is -2.47. The van der Waals surface area contributed by atoms with Crippen LogP contribution in [0.25, 0.3) is 0 Å². The van der Waals surface area contributed by atoms with Gasteiger partial charge in [0.1, 0.15) is 5.60 Å². The van der Waals surface area contributed by atoms with Crippen LogP contribution in [-0.4, -0.2) is 72.4 Å². The number of anilines is 1. The summed E-state index contributed by atoms with van der Waals surface area (Å²) in [5, 5.41) is 10.1. The Morgan fingerprint density at radius 1 is 1.13 bits per heavy atom. The van der Waals surface area contributed by atoms with Crippen LogP contribution in [-0.2, 0) is 4.74 Å². The highest BCUT2D eigenvalue weighted by atomic mass is 16.6. The molecule has 31 heavy (non-hydrogen) atoms. The first-order valence-electron chi connectivity index (χ1n) is 12.0. The largest absolute Gasteiger partial charge is 0.444 e. The zero-order chi connectivity index (χ0) is 22.4. The van der Waals surface area contributed by atoms with Gasteiger partial charge in [-0.05, 0) is 76.6 Å². The molecule has 2 fully saturated rings. The molecule has 1 unspecified atom stereocenters. The molecule has 174 valence electrons. The van der Waals surface area contributed by atoms with Crippen molar-refractivity contribution in [1.82, 2.24) is 9.80 Å². The molecule has 6 heteroatoms. The first kappa shape index (κ1) is 23.9. The fourth-order valence-corrected chi connectivity index (χ4v) is 4.49. The van der Waals surface area contributed by atoms with E-state index in [2.05, 4.69) is 28.0 Å². The van der Waals surface area contributed by atoms with Crippen molar-refractivity contribution in [3.05, 3.63) is 29.8 Å². The summed E-state index contributed by atoms with van der Waals surface area (Å²) in [7, 11) is 0. The average molecular weight is 432 g/mol. The molecule has 0 radical (unpaired) electrons. The molecule has 2 saturated heterocycles. The molecule has 1 aromatic rings. The number of rotatable bonds is 6. The van der Waals surface area contributed by atoms with Crippen LogP contribution in [0.5, 0.6) is 0 Å². The predicted molar refractivity (Wildman–Crippen MR) is 125 cm³/mol. The van der Waals surface area contributed by atoms with E-state index in [0.29, 0.717) is 5.92 Å². The Morgan fingerprint density at radius 3 is 2.42 bits per heavy atom. The van der Waals surface area contributed by atoms with Crippen molar-refractivity contribution in [3.63, 3.8) is 0 Å². The zero-order valence-electron chi connectivity index (χ0n) is 19.8. The third-order valence-electron chi connectivity index (χ3n) is 6.50. The van der Waals surface area contributed by atoms with Crippen molar-refractivity contribution < 1.29 is 14.6 Å². The van der Waals surface area contributed by atoms with Crippen LogP contribution in [0.4, 0.5) is 10.5 Å². The number of hydrogen-bond donors (Lipinski definition) is 1. The van der Waals surface area contributed by atoms with E-state index >= 15 is 0 Å². The number of likely N-dealkylation sites (tertiary alicyclic amines) is 1. The van der Waals surface area contributed by atoms with Gasteiger partial charge in [0.05, 0.1) is 6.10 Å². The molecule has 3 rings (SSSR count). The molecule has 1 atom stereocenters. The number of carbonyl (C=O) groups excluding carboxylic acids is 1. The van der Waals surface area contributed by atoms with Crippen molar-refractivity contribution in [2.75, 3.05) is 50.7 Å². The van der Waals surface area contributed by atoms with Gasteiger partial charge in [-0.1, -0.05) is 19.1 Å². The molecular formula is C25H41N3O3. The number of aliphatic hydroxyl groups is 1. The van der Waals surface area contributed by atoms with Crippen molar-refractivity contribution in [1.29, 1.82) is 0 Å². The average Bonchev–Trinajstić information content (AvgIpc) is 2.77. The van der Waals surface area contributed by atoms with Gasteiger partial charge in [-0.2, -0.15) is 0 Å². The molecule has 0 spiro atoms. The summed E-state index contributed by atoms with van der Waals surface area (Å²) in [4.78, 5) is 19.1. The lowest BCUT2D eigenvalue weighted by atomic mass is 9.93. The smallest absolute Gasteiger partial charge is 0.410 e. The van der Waals surface area contributed by atoms with Crippen molar-refractivity contribution in [2.45, 2.75) is 65.1 Å². The Balaban J connectivity index is 1.37. The molecule has 1 N–H and O–H groups in total. The molecule has 6 nitrogen and oxygen atoms in total. The van der Waals surface area contributed by atoms with Crippen LogP contribution >= 0.6 is 0 Å². The number of ether oxygens (including phenoxy) is 1. The lowest BCUT2D eigenvalue weighted by molar-refractivity contribution is 0.0177. The minimum absolute atomic E-state index is 0.169. The van der Waals surface area contributed by atoms with E-state index in [-0.39, 0.29) is 12.2 Å². The van der Waals surface area contributed by atoms with Crippen LogP contribution in [0.2, 0.25) is 0 Å². The van der Waals surface area contributed by atoms with Gasteiger partial charge in [0.15, 0.2) is 0 Å². The molecule has 2 aliphatic rings. The molecule has 2 aliphatic heterocycles. The third kappa shape index (κ3) is 7.11. The summed E-state index contributed by atoms with van der Waals surface area (Å²) in [6.45, 7) is 14.8. The monoisotopic (exact) mass is 431 g/mol. The molecule has 0 aliphatic carbocycles. The SMILES string of the molecule is CCC(O)c1cccc(N2CCN(CCC3CCN(C(=O)OC(C)(C)C)CC3)CC2)c1. The maximum absolute atomic E-state index is 12.2. The molecular weight excluding hydrogens is 390 g/mol. The van der Waals surface area contributed by atoms with Gasteiger partial charge in [-0.3, -0.25) is 4.90 Å². The number of amides is 1. The topological polar surface area (TPSA) is 56.2 Å². The van der Waals surface area contributed by atoms with Gasteiger partial charge in [0.2, 0.25) is 0 Å². The van der Waals surface area contributed by atoms with E-state index in [9.17, 15) is 9.90 Å². The summed E-state index contributed by atoms with van der Waals surface area (Å²) in [6.07, 6.45) is 3.56. The highest BCUT2D eigenvalue weighted by Gasteiger charge is 2.27. The number of piperazine rings is 1. The van der Waals surface area contributed by atoms with E-state index in [4.69, 9.17) is 4.74 Å². The third-order valence-corrected chi connectivity index (χ3v) is 6.50. The number of hydrogen-bond acceptors (Lipinski definition) is 5. The maximum Gasteiger partial charge on any atom is 0.410 e. The summed E-state index contributed by atoms with van der Waals surface area (Å²) in [5.74, 6) is 0.698. The summed E-state index contributed by atoms with van der Waals surface area (Å²) < 4.78 is 5.50. The second-order valence-electron chi connectivity index (χ2n) is 10.0. The summed E-state index contributed by atoms with van der Waals surface area (Å²) in [6, 6.07) is 8.36. The number of nitrogens with zero attached hydrogens (tertiary/aromatic N) is 3. The number of aliphatic hydroxyl groups excluding tert-OH is 1. The second-order valence-corrected chi connectivity index (χ2v) is 10.0. The summed E-state index contributed by atoms with van der Waals surface area (Å²) in [5.41, 5.74) is 1.81. The highest BCUT2D eigenvalue weighted by molar-refractivity contribution is 5.68. The van der Waals surface area contributed by atoms with Crippen LogP contribution in [0.1, 0.15) is 65.0 Å². The Morgan fingerprint density at radius 2 is 1.81 bits per heavy atom. The van der Waals surface area contributed by atoms with Gasteiger partial charge in [0.25, 0.3) is 0 Å². The fraction of sp³-hybridized carbons (Fsp3) is 0.720. The number of piperidine rings is 1. The number of carbonyl (C=O) groups is 1. The van der Waals surface area contributed by atoms with Gasteiger partial charge in [0, 0.05) is 45.0 Å². The van der Waals surface area contributed by atoms with Crippen LogP contribution < -0.4 is 4.90 Å². The molecule has 0 bridgehead atoms. The van der Waals surface area contributed by atoms with E-state index in [1.165, 1.54) is 12.1 Å². The van der Waals surface area contributed by atoms with Crippen molar-refractivity contribution in [2.24, 2.45) is 5.92 Å². The fourth-order valence-electron chi connectivity index (χ4n) is 4.49. The normalized spacial score (nSPS) is 20.0. The van der Waals surface area contributed by atoms with E-state index in [1.54, 1.807) is 0 Å². The van der Waals surface area contributed by atoms with Gasteiger partial charge < -0.3 is 19.6 Å². The quantitative estimate of drug-likeness (QED) is 0.728. The first-order chi connectivity index (χ1) is 14.7. The van der Waals surface area contributed by atoms with Gasteiger partial charge >= 0.3 is 6.09 Å². The standard InChI is InChI=1S/C25H41N3O3/c1-5-23(29)21-7-6-8-22(19-21)27-17-15-26(16-18-27)12-9-20-10-13-28(14-11-20)24(30)31-25(2,3)4/h6-8,19-20,23,29H,5,9-18H2,1-4H3. The Kier molecular flexibility index (Phi) is 8.23. The molecule has 0 saturated carbocycles. The maximum atomic E-state index is 12.2. The molecule has 1 amide bonds. The van der Waals surface area contributed by atoms with Crippen molar-refractivity contribution in [3.8, 4) is 0 Å². The van der Waals surface area contributed by atoms with Crippen LogP contribution in [0.3, 0.4) is 0 Å². The first-order valence-corrected chi connectivity index (χ1v) is 12.0. The predicted octanol–water partition coefficient (Wildman–Crippen LogP) is 4.29. The molecule has 2 heterocycles. The minimum atomic E-state index is -0.423. The minimum Gasteiger partial charge on any atom is -0.444 e. The van der Waals surface area contributed by atoms with Gasteiger partial charge in [-0.15, -0.1) is 0 Å². The summed E-state index contributed by atoms with van der Waals surface area (Å²) >= 11 is 0. The van der Waals surface area contributed by atoms with Crippen LogP contribution in [0.15, 0.2) is 24.3 Å². The van der Waals surface area contributed by atoms with E-state index in [1.807, 2.05) is 38.7 Å². The van der Waals surface area contributed by atoms with E-state index < -0.39 is 5.60 Å². The molecule has 0 aromatic heterocycles. The second kappa shape index (κ2) is 10.7. The Labute approximate surface area is 188 Å². The lowest BCUT2D eigenvalue weighted by Gasteiger charge is -2.38. The van der Waals surface area contributed by atoms with Crippen LogP contribution in [0, 0.1) is 5.92 Å².